The number of anilines is 1. The van der Waals surface area contributed by atoms with Gasteiger partial charge in [-0.1, -0.05) is 38.3 Å². The first-order chi connectivity index (χ1) is 10.0. The fourth-order valence-electron chi connectivity index (χ4n) is 3.54. The monoisotopic (exact) mass is 308 g/mol. The van der Waals surface area contributed by atoms with Crippen molar-refractivity contribution in [2.75, 3.05) is 11.9 Å². The molecule has 2 N–H and O–H groups in total. The van der Waals surface area contributed by atoms with E-state index >= 15 is 0 Å². The molecular formula is C18H29ClN2. The van der Waals surface area contributed by atoms with Crippen LogP contribution in [0.15, 0.2) is 18.2 Å². The van der Waals surface area contributed by atoms with Gasteiger partial charge in [0.2, 0.25) is 0 Å². The van der Waals surface area contributed by atoms with Crippen LogP contribution in [0.3, 0.4) is 0 Å². The summed E-state index contributed by atoms with van der Waals surface area (Å²) in [6.07, 6.45) is 7.25. The van der Waals surface area contributed by atoms with Crippen molar-refractivity contribution in [3.63, 3.8) is 0 Å². The molecule has 2 nitrogen and oxygen atoms in total. The lowest BCUT2D eigenvalue weighted by Crippen LogP contribution is -2.39. The molecule has 0 aromatic heterocycles. The molecule has 1 aliphatic rings. The molecule has 0 heterocycles. The van der Waals surface area contributed by atoms with Crippen LogP contribution in [0, 0.1) is 5.92 Å². The van der Waals surface area contributed by atoms with Gasteiger partial charge in [0.15, 0.2) is 0 Å². The Balaban J connectivity index is 2.24. The van der Waals surface area contributed by atoms with E-state index in [2.05, 4.69) is 37.9 Å². The lowest BCUT2D eigenvalue weighted by molar-refractivity contribution is 0.321. The van der Waals surface area contributed by atoms with Gasteiger partial charge in [0, 0.05) is 29.8 Å². The van der Waals surface area contributed by atoms with E-state index in [0.717, 1.165) is 23.8 Å². The molecule has 0 aliphatic heterocycles. The molecule has 0 radical (unpaired) electrons. The van der Waals surface area contributed by atoms with Gasteiger partial charge in [-0.3, -0.25) is 0 Å². The van der Waals surface area contributed by atoms with Crippen LogP contribution in [0.25, 0.3) is 0 Å². The van der Waals surface area contributed by atoms with Gasteiger partial charge in [0.05, 0.1) is 0 Å². The zero-order valence-corrected chi connectivity index (χ0v) is 14.4. The van der Waals surface area contributed by atoms with Crippen LogP contribution < -0.4 is 10.6 Å². The fraction of sp³-hybridized carbons (Fsp3) is 0.667. The number of hydrogen-bond acceptors (Lipinski definition) is 2. The highest BCUT2D eigenvalue weighted by atomic mass is 35.5. The first-order valence-electron chi connectivity index (χ1n) is 8.29. The number of hydrogen-bond donors (Lipinski definition) is 1. The summed E-state index contributed by atoms with van der Waals surface area (Å²) in [5.74, 6) is 0.757. The van der Waals surface area contributed by atoms with Gasteiger partial charge < -0.3 is 10.6 Å². The summed E-state index contributed by atoms with van der Waals surface area (Å²) < 4.78 is 0. The van der Waals surface area contributed by atoms with Gasteiger partial charge >= 0.3 is 0 Å². The summed E-state index contributed by atoms with van der Waals surface area (Å²) in [5.41, 5.74) is 8.76. The topological polar surface area (TPSA) is 29.3 Å². The van der Waals surface area contributed by atoms with Gasteiger partial charge in [-0.2, -0.15) is 0 Å². The van der Waals surface area contributed by atoms with Gasteiger partial charge in [0.25, 0.3) is 0 Å². The number of halogens is 1. The number of nitrogens with zero attached hydrogens (tertiary/aromatic N) is 1. The normalized spacial score (nSPS) is 23.9. The van der Waals surface area contributed by atoms with E-state index < -0.39 is 0 Å². The largest absolute Gasteiger partial charge is 0.371 e. The van der Waals surface area contributed by atoms with Crippen molar-refractivity contribution in [1.29, 1.82) is 0 Å². The minimum absolute atomic E-state index is 0.208. The lowest BCUT2D eigenvalue weighted by atomic mass is 9.84. The van der Waals surface area contributed by atoms with Crippen molar-refractivity contribution in [2.24, 2.45) is 11.7 Å². The molecule has 2 rings (SSSR count). The Morgan fingerprint density at radius 2 is 2.05 bits per heavy atom. The van der Waals surface area contributed by atoms with E-state index in [1.54, 1.807) is 0 Å². The predicted octanol–water partition coefficient (Wildman–Crippen LogP) is 4.63. The fourth-order valence-corrected chi connectivity index (χ4v) is 3.73. The van der Waals surface area contributed by atoms with E-state index in [9.17, 15) is 0 Å². The molecule has 0 spiro atoms. The first-order valence-corrected chi connectivity index (χ1v) is 8.67. The molecule has 1 aliphatic carbocycles. The third-order valence-corrected chi connectivity index (χ3v) is 5.23. The molecule has 3 atom stereocenters. The van der Waals surface area contributed by atoms with Crippen LogP contribution in [-0.2, 0) is 6.42 Å². The average molecular weight is 309 g/mol. The summed E-state index contributed by atoms with van der Waals surface area (Å²) in [6.45, 7) is 4.52. The molecular weight excluding hydrogens is 280 g/mol. The van der Waals surface area contributed by atoms with Crippen molar-refractivity contribution < 1.29 is 0 Å². The van der Waals surface area contributed by atoms with Crippen LogP contribution in [0.4, 0.5) is 5.69 Å². The lowest BCUT2D eigenvalue weighted by Gasteiger charge is -2.38. The summed E-state index contributed by atoms with van der Waals surface area (Å²) in [6, 6.07) is 7.11. The summed E-state index contributed by atoms with van der Waals surface area (Å²) in [7, 11) is 2.23. The molecule has 0 saturated heterocycles. The number of nitrogens with two attached hydrogens (primary N) is 1. The molecule has 3 unspecified atom stereocenters. The Bertz CT molecular complexity index is 461. The van der Waals surface area contributed by atoms with Gasteiger partial charge in [-0.15, -0.1) is 0 Å². The van der Waals surface area contributed by atoms with Gasteiger partial charge in [-0.05, 0) is 55.4 Å². The van der Waals surface area contributed by atoms with Crippen molar-refractivity contribution in [3.8, 4) is 0 Å². The molecule has 1 saturated carbocycles. The third-order valence-electron chi connectivity index (χ3n) is 4.99. The number of benzene rings is 1. The molecule has 21 heavy (non-hydrogen) atoms. The standard InChI is InChI=1S/C18H29ClN2/c1-4-16(20)12-14-11-15(19)9-10-18(14)21(3)17-8-6-5-7-13(17)2/h9-11,13,16-17H,4-8,12,20H2,1-3H3. The van der Waals surface area contributed by atoms with Crippen LogP contribution in [0.2, 0.25) is 5.02 Å². The summed E-state index contributed by atoms with van der Waals surface area (Å²) in [5, 5.41) is 0.808. The van der Waals surface area contributed by atoms with Gasteiger partial charge in [-0.25, -0.2) is 0 Å². The van der Waals surface area contributed by atoms with Crippen molar-refractivity contribution in [3.05, 3.63) is 28.8 Å². The van der Waals surface area contributed by atoms with E-state index in [0.29, 0.717) is 6.04 Å². The second-order valence-corrected chi connectivity index (χ2v) is 7.02. The number of rotatable bonds is 5. The van der Waals surface area contributed by atoms with Crippen LogP contribution in [0.5, 0.6) is 0 Å². The van der Waals surface area contributed by atoms with Crippen LogP contribution in [-0.4, -0.2) is 19.1 Å². The van der Waals surface area contributed by atoms with Crippen molar-refractivity contribution in [2.45, 2.75) is 64.5 Å². The second kappa shape index (κ2) is 7.51. The van der Waals surface area contributed by atoms with E-state index in [-0.39, 0.29) is 6.04 Å². The zero-order chi connectivity index (χ0) is 15.4. The van der Waals surface area contributed by atoms with Crippen molar-refractivity contribution in [1.82, 2.24) is 0 Å². The Morgan fingerprint density at radius 3 is 2.71 bits per heavy atom. The van der Waals surface area contributed by atoms with Crippen LogP contribution >= 0.6 is 11.6 Å². The van der Waals surface area contributed by atoms with Crippen molar-refractivity contribution >= 4 is 17.3 Å². The maximum Gasteiger partial charge on any atom is 0.0410 e. The predicted molar refractivity (Wildman–Crippen MR) is 93.2 cm³/mol. The average Bonchev–Trinajstić information content (AvgIpc) is 2.47. The summed E-state index contributed by atoms with van der Waals surface area (Å²) in [4.78, 5) is 2.47. The second-order valence-electron chi connectivity index (χ2n) is 6.59. The maximum absolute atomic E-state index is 6.20. The van der Waals surface area contributed by atoms with Gasteiger partial charge in [0.1, 0.15) is 0 Å². The maximum atomic E-state index is 6.20. The highest BCUT2D eigenvalue weighted by Crippen LogP contribution is 2.33. The molecule has 118 valence electrons. The molecule has 1 aromatic carbocycles. The minimum Gasteiger partial charge on any atom is -0.371 e. The van der Waals surface area contributed by atoms with E-state index in [1.807, 2.05) is 6.07 Å². The molecule has 1 aromatic rings. The highest BCUT2D eigenvalue weighted by Gasteiger charge is 2.26. The minimum atomic E-state index is 0.208. The smallest absolute Gasteiger partial charge is 0.0410 e. The third kappa shape index (κ3) is 4.14. The molecule has 3 heteroatoms. The van der Waals surface area contributed by atoms with Crippen LogP contribution in [0.1, 0.15) is 51.5 Å². The Morgan fingerprint density at radius 1 is 1.33 bits per heavy atom. The molecule has 0 amide bonds. The zero-order valence-electron chi connectivity index (χ0n) is 13.6. The Kier molecular flexibility index (Phi) is 5.95. The Labute approximate surface area is 134 Å². The quantitative estimate of drug-likeness (QED) is 0.859. The Hall–Kier alpha value is -0.730. The molecule has 1 fully saturated rings. The SMILES string of the molecule is CCC(N)Cc1cc(Cl)ccc1N(C)C1CCCCC1C. The highest BCUT2D eigenvalue weighted by molar-refractivity contribution is 6.30. The summed E-state index contributed by atoms with van der Waals surface area (Å²) >= 11 is 6.20. The van der Waals surface area contributed by atoms with E-state index in [1.165, 1.54) is 36.9 Å². The van der Waals surface area contributed by atoms with E-state index in [4.69, 9.17) is 17.3 Å². The first kappa shape index (κ1) is 16.6. The molecule has 0 bridgehead atoms.